The highest BCUT2D eigenvalue weighted by molar-refractivity contribution is 8.00. The molecule has 0 aromatic carbocycles. The van der Waals surface area contributed by atoms with Crippen molar-refractivity contribution in [3.63, 3.8) is 0 Å². The average molecular weight is 226 g/mol. The summed E-state index contributed by atoms with van der Waals surface area (Å²) in [5.41, 5.74) is -0.887. The van der Waals surface area contributed by atoms with Gasteiger partial charge in [0.25, 0.3) is 0 Å². The lowest BCUT2D eigenvalue weighted by Gasteiger charge is -2.37. The molecule has 2 atom stereocenters. The van der Waals surface area contributed by atoms with E-state index in [-0.39, 0.29) is 5.91 Å². The maximum Gasteiger partial charge on any atom is 0.242 e. The lowest BCUT2D eigenvalue weighted by atomic mass is 9.93. The summed E-state index contributed by atoms with van der Waals surface area (Å²) in [5, 5.41) is 9.85. The van der Waals surface area contributed by atoms with Crippen molar-refractivity contribution in [3.05, 3.63) is 0 Å². The minimum absolute atomic E-state index is 0.0380. The quantitative estimate of drug-likeness (QED) is 0.686. The number of nitriles is 1. The highest BCUT2D eigenvalue weighted by Crippen LogP contribution is 2.28. The third kappa shape index (κ3) is 2.88. The number of thioether (sulfide) groups is 1. The molecule has 1 aliphatic rings. The van der Waals surface area contributed by atoms with Gasteiger partial charge in [-0.25, -0.2) is 0 Å². The zero-order chi connectivity index (χ0) is 11.6. The molecule has 0 aromatic rings. The Morgan fingerprint density at radius 1 is 1.40 bits per heavy atom. The van der Waals surface area contributed by atoms with Gasteiger partial charge in [0.2, 0.25) is 5.91 Å². The molecule has 1 rings (SSSR count). The summed E-state index contributed by atoms with van der Waals surface area (Å²) in [6.45, 7) is 9.15. The summed E-state index contributed by atoms with van der Waals surface area (Å²) in [4.78, 5) is 13.9. The largest absolute Gasteiger partial charge is 0.339 e. The Hall–Kier alpha value is -0.690. The van der Waals surface area contributed by atoms with Crippen LogP contribution in [0.15, 0.2) is 0 Å². The van der Waals surface area contributed by atoms with E-state index >= 15 is 0 Å². The molecule has 0 aliphatic carbocycles. The normalized spacial score (nSPS) is 27.3. The van der Waals surface area contributed by atoms with Gasteiger partial charge in [-0.15, -0.1) is 0 Å². The van der Waals surface area contributed by atoms with Crippen LogP contribution >= 0.6 is 11.8 Å². The molecule has 0 N–H and O–H groups in total. The first-order valence-corrected chi connectivity index (χ1v) is 6.17. The van der Waals surface area contributed by atoms with Crippen LogP contribution in [0.5, 0.6) is 0 Å². The van der Waals surface area contributed by atoms with E-state index in [2.05, 4.69) is 19.9 Å². The molecular weight excluding hydrogens is 208 g/mol. The lowest BCUT2D eigenvalue weighted by molar-refractivity contribution is -0.137. The molecule has 1 saturated heterocycles. The topological polar surface area (TPSA) is 44.1 Å². The van der Waals surface area contributed by atoms with Gasteiger partial charge in [-0.05, 0) is 13.8 Å². The lowest BCUT2D eigenvalue weighted by Crippen LogP contribution is -2.48. The van der Waals surface area contributed by atoms with Gasteiger partial charge in [-0.3, -0.25) is 4.79 Å². The zero-order valence-electron chi connectivity index (χ0n) is 9.78. The molecule has 1 fully saturated rings. The number of hydrogen-bond acceptors (Lipinski definition) is 3. The van der Waals surface area contributed by atoms with Crippen LogP contribution in [0, 0.1) is 16.7 Å². The maximum atomic E-state index is 12.0. The predicted molar refractivity (Wildman–Crippen MR) is 62.5 cm³/mol. The minimum atomic E-state index is -0.887. The summed E-state index contributed by atoms with van der Waals surface area (Å²) >= 11 is 1.90. The van der Waals surface area contributed by atoms with Gasteiger partial charge in [-0.2, -0.15) is 17.0 Å². The summed E-state index contributed by atoms with van der Waals surface area (Å²) < 4.78 is 0. The standard InChI is InChI=1S/C11H18N2OS/c1-8-5-13(6-9(2)15-8)10(14)11(3,4)7-12/h8-9H,5-6H2,1-4H3. The van der Waals surface area contributed by atoms with Crippen LogP contribution in [0.3, 0.4) is 0 Å². The first-order valence-electron chi connectivity index (χ1n) is 5.23. The summed E-state index contributed by atoms with van der Waals surface area (Å²) in [6, 6.07) is 2.07. The summed E-state index contributed by atoms with van der Waals surface area (Å²) in [5.74, 6) is -0.0380. The zero-order valence-corrected chi connectivity index (χ0v) is 10.6. The van der Waals surface area contributed by atoms with E-state index in [0.29, 0.717) is 10.5 Å². The van der Waals surface area contributed by atoms with Crippen molar-refractivity contribution in [2.24, 2.45) is 5.41 Å². The second-order valence-electron chi connectivity index (χ2n) is 4.70. The highest BCUT2D eigenvalue weighted by atomic mass is 32.2. The summed E-state index contributed by atoms with van der Waals surface area (Å²) in [6.07, 6.45) is 0. The van der Waals surface area contributed by atoms with Crippen molar-refractivity contribution in [2.45, 2.75) is 38.2 Å². The monoisotopic (exact) mass is 226 g/mol. The minimum Gasteiger partial charge on any atom is -0.339 e. The molecule has 0 aromatic heterocycles. The van der Waals surface area contributed by atoms with E-state index in [1.54, 1.807) is 13.8 Å². The van der Waals surface area contributed by atoms with Crippen LogP contribution in [0.25, 0.3) is 0 Å². The summed E-state index contributed by atoms with van der Waals surface area (Å²) in [7, 11) is 0. The molecule has 0 bridgehead atoms. The second kappa shape index (κ2) is 4.44. The third-order valence-corrected chi connectivity index (χ3v) is 3.75. The van der Waals surface area contributed by atoms with E-state index in [1.165, 1.54) is 0 Å². The van der Waals surface area contributed by atoms with Crippen molar-refractivity contribution in [1.82, 2.24) is 4.90 Å². The Kier molecular flexibility index (Phi) is 3.67. The molecule has 3 nitrogen and oxygen atoms in total. The fraction of sp³-hybridized carbons (Fsp3) is 0.818. The Morgan fingerprint density at radius 3 is 2.27 bits per heavy atom. The van der Waals surface area contributed by atoms with Crippen molar-refractivity contribution in [3.8, 4) is 6.07 Å². The molecular formula is C11H18N2OS. The van der Waals surface area contributed by atoms with Gasteiger partial charge in [0.05, 0.1) is 6.07 Å². The molecule has 4 heteroatoms. The number of carbonyl (C=O) groups excluding carboxylic acids is 1. The van der Waals surface area contributed by atoms with Crippen molar-refractivity contribution in [2.75, 3.05) is 13.1 Å². The van der Waals surface area contributed by atoms with E-state index in [0.717, 1.165) is 13.1 Å². The highest BCUT2D eigenvalue weighted by Gasteiger charge is 2.35. The molecule has 0 saturated carbocycles. The van der Waals surface area contributed by atoms with Gasteiger partial charge in [0.1, 0.15) is 5.41 Å². The molecule has 15 heavy (non-hydrogen) atoms. The smallest absolute Gasteiger partial charge is 0.242 e. The van der Waals surface area contributed by atoms with E-state index in [4.69, 9.17) is 5.26 Å². The fourth-order valence-electron chi connectivity index (χ4n) is 1.79. The second-order valence-corrected chi connectivity index (χ2v) is 6.59. The number of nitrogens with zero attached hydrogens (tertiary/aromatic N) is 2. The first-order chi connectivity index (χ1) is 6.86. The molecule has 2 unspecified atom stereocenters. The molecule has 1 aliphatic heterocycles. The maximum absolute atomic E-state index is 12.0. The van der Waals surface area contributed by atoms with Crippen LogP contribution in [0.2, 0.25) is 0 Å². The Bertz CT molecular complexity index is 285. The van der Waals surface area contributed by atoms with E-state index < -0.39 is 5.41 Å². The number of carbonyl (C=O) groups is 1. The van der Waals surface area contributed by atoms with Crippen LogP contribution in [0.4, 0.5) is 0 Å². The molecule has 0 radical (unpaired) electrons. The molecule has 84 valence electrons. The first kappa shape index (κ1) is 12.4. The average Bonchev–Trinajstić information content (AvgIpc) is 2.15. The number of hydrogen-bond donors (Lipinski definition) is 0. The van der Waals surface area contributed by atoms with Crippen LogP contribution in [0.1, 0.15) is 27.7 Å². The fourth-order valence-corrected chi connectivity index (χ4v) is 3.11. The van der Waals surface area contributed by atoms with E-state index in [9.17, 15) is 4.79 Å². The Balaban J connectivity index is 2.73. The van der Waals surface area contributed by atoms with Crippen molar-refractivity contribution in [1.29, 1.82) is 5.26 Å². The molecule has 1 amide bonds. The predicted octanol–water partition coefficient (Wildman–Crippen LogP) is 1.89. The van der Waals surface area contributed by atoms with Crippen LogP contribution in [-0.2, 0) is 4.79 Å². The van der Waals surface area contributed by atoms with Crippen molar-refractivity contribution >= 4 is 17.7 Å². The Morgan fingerprint density at radius 2 is 1.87 bits per heavy atom. The molecule has 1 heterocycles. The van der Waals surface area contributed by atoms with Gasteiger partial charge >= 0.3 is 0 Å². The van der Waals surface area contributed by atoms with Crippen LogP contribution in [-0.4, -0.2) is 34.4 Å². The van der Waals surface area contributed by atoms with Gasteiger partial charge in [0, 0.05) is 23.6 Å². The van der Waals surface area contributed by atoms with E-state index in [1.807, 2.05) is 16.7 Å². The van der Waals surface area contributed by atoms with Gasteiger partial charge in [0.15, 0.2) is 0 Å². The number of rotatable bonds is 1. The Labute approximate surface area is 95.8 Å². The van der Waals surface area contributed by atoms with Crippen LogP contribution < -0.4 is 0 Å². The SMILES string of the molecule is CC1CN(C(=O)C(C)(C)C#N)CC(C)S1. The number of amides is 1. The van der Waals surface area contributed by atoms with Crippen molar-refractivity contribution < 1.29 is 4.79 Å². The van der Waals surface area contributed by atoms with Gasteiger partial charge < -0.3 is 4.90 Å². The third-order valence-electron chi connectivity index (χ3n) is 2.52. The van der Waals surface area contributed by atoms with Gasteiger partial charge in [-0.1, -0.05) is 13.8 Å². The molecule has 0 spiro atoms.